The van der Waals surface area contributed by atoms with Gasteiger partial charge in [-0.25, -0.2) is 9.59 Å². The van der Waals surface area contributed by atoms with Crippen LogP contribution < -0.4 is 5.32 Å². The Morgan fingerprint density at radius 1 is 0.893 bits per heavy atom. The van der Waals surface area contributed by atoms with Gasteiger partial charge >= 0.3 is 12.1 Å². The van der Waals surface area contributed by atoms with Crippen LogP contribution in [-0.2, 0) is 4.74 Å². The number of hydrogen-bond donors (Lipinski definition) is 2. The normalized spacial score (nSPS) is 13.3. The van der Waals surface area contributed by atoms with Crippen molar-refractivity contribution in [3.05, 3.63) is 89.5 Å². The van der Waals surface area contributed by atoms with Crippen molar-refractivity contribution in [1.29, 1.82) is 0 Å². The van der Waals surface area contributed by atoms with Gasteiger partial charge in [-0.2, -0.15) is 0 Å². The molecule has 1 amide bonds. The zero-order chi connectivity index (χ0) is 19.7. The van der Waals surface area contributed by atoms with Crippen molar-refractivity contribution in [2.75, 3.05) is 5.32 Å². The highest BCUT2D eigenvalue weighted by atomic mass is 16.6. The van der Waals surface area contributed by atoms with Crippen molar-refractivity contribution < 1.29 is 19.4 Å². The summed E-state index contributed by atoms with van der Waals surface area (Å²) < 4.78 is 5.66. The first-order valence-electron chi connectivity index (χ1n) is 9.04. The molecule has 28 heavy (non-hydrogen) atoms. The maximum atomic E-state index is 12.4. The lowest BCUT2D eigenvalue weighted by Gasteiger charge is -2.22. The molecule has 5 nitrogen and oxygen atoms in total. The molecule has 0 fully saturated rings. The lowest BCUT2D eigenvalue weighted by Crippen LogP contribution is -2.25. The van der Waals surface area contributed by atoms with E-state index < -0.39 is 12.1 Å². The van der Waals surface area contributed by atoms with Crippen molar-refractivity contribution >= 4 is 17.7 Å². The number of carbonyl (C=O) groups is 2. The molecule has 0 saturated heterocycles. The topological polar surface area (TPSA) is 75.6 Å². The highest BCUT2D eigenvalue weighted by Crippen LogP contribution is 2.46. The summed E-state index contributed by atoms with van der Waals surface area (Å²) in [6, 6.07) is 22.3. The number of fused-ring (bicyclic) bond motifs is 3. The van der Waals surface area contributed by atoms with E-state index in [1.165, 1.54) is 35.4 Å². The van der Waals surface area contributed by atoms with Gasteiger partial charge in [0, 0.05) is 11.6 Å². The molecule has 0 aromatic heterocycles. The smallest absolute Gasteiger partial charge is 0.411 e. The van der Waals surface area contributed by atoms with Gasteiger partial charge < -0.3 is 9.84 Å². The third-order valence-corrected chi connectivity index (χ3v) is 5.02. The zero-order valence-corrected chi connectivity index (χ0v) is 15.3. The maximum Gasteiger partial charge on any atom is 0.411 e. The summed E-state index contributed by atoms with van der Waals surface area (Å²) in [7, 11) is 0. The Bertz CT molecular complexity index is 997. The summed E-state index contributed by atoms with van der Waals surface area (Å²) in [5.74, 6) is -1.05. The fraction of sp³-hybridized carbons (Fsp3) is 0.130. The van der Waals surface area contributed by atoms with Gasteiger partial charge in [0.25, 0.3) is 0 Å². The second-order valence-corrected chi connectivity index (χ2v) is 6.77. The molecule has 2 N–H and O–H groups in total. The summed E-state index contributed by atoms with van der Waals surface area (Å²) in [4.78, 5) is 23.3. The van der Waals surface area contributed by atoms with E-state index in [0.29, 0.717) is 5.69 Å². The van der Waals surface area contributed by atoms with Crippen molar-refractivity contribution in [2.45, 2.75) is 18.9 Å². The van der Waals surface area contributed by atoms with Crippen LogP contribution in [0.2, 0.25) is 0 Å². The van der Waals surface area contributed by atoms with Crippen molar-refractivity contribution in [3.8, 4) is 11.1 Å². The Morgan fingerprint density at radius 3 is 1.96 bits per heavy atom. The number of amides is 1. The van der Waals surface area contributed by atoms with Crippen LogP contribution in [0.15, 0.2) is 72.8 Å². The third-order valence-electron chi connectivity index (χ3n) is 5.02. The highest BCUT2D eigenvalue weighted by Gasteiger charge is 2.33. The van der Waals surface area contributed by atoms with E-state index in [9.17, 15) is 9.59 Å². The third kappa shape index (κ3) is 3.22. The van der Waals surface area contributed by atoms with Gasteiger partial charge in [0.2, 0.25) is 0 Å². The van der Waals surface area contributed by atoms with Crippen LogP contribution in [0.3, 0.4) is 0 Å². The molecule has 0 bridgehead atoms. The van der Waals surface area contributed by atoms with E-state index in [-0.39, 0.29) is 17.6 Å². The monoisotopic (exact) mass is 373 g/mol. The Balaban J connectivity index is 1.51. The molecule has 1 unspecified atom stereocenters. The number of aromatic carboxylic acids is 1. The quantitative estimate of drug-likeness (QED) is 0.664. The van der Waals surface area contributed by atoms with Gasteiger partial charge in [-0.3, -0.25) is 5.32 Å². The van der Waals surface area contributed by atoms with E-state index in [4.69, 9.17) is 9.84 Å². The summed E-state index contributed by atoms with van der Waals surface area (Å²) in [5, 5.41) is 11.6. The molecule has 140 valence electrons. The molecule has 0 saturated carbocycles. The van der Waals surface area contributed by atoms with Crippen molar-refractivity contribution in [2.24, 2.45) is 0 Å². The van der Waals surface area contributed by atoms with E-state index in [1.807, 2.05) is 31.2 Å². The van der Waals surface area contributed by atoms with Gasteiger partial charge in [0.15, 0.2) is 0 Å². The maximum absolute atomic E-state index is 12.4. The number of nitrogens with one attached hydrogen (secondary N) is 1. The Kier molecular flexibility index (Phi) is 4.57. The van der Waals surface area contributed by atoms with Gasteiger partial charge in [0.05, 0.1) is 5.56 Å². The molecule has 1 aliphatic carbocycles. The van der Waals surface area contributed by atoms with E-state index in [2.05, 4.69) is 29.6 Å². The first-order chi connectivity index (χ1) is 13.5. The van der Waals surface area contributed by atoms with Crippen LogP contribution in [0.25, 0.3) is 11.1 Å². The molecule has 4 rings (SSSR count). The van der Waals surface area contributed by atoms with Gasteiger partial charge in [-0.05, 0) is 53.4 Å². The van der Waals surface area contributed by atoms with E-state index in [0.717, 1.165) is 11.1 Å². The first kappa shape index (κ1) is 17.8. The second-order valence-electron chi connectivity index (χ2n) is 6.77. The fourth-order valence-electron chi connectivity index (χ4n) is 3.78. The standard InChI is InChI=1S/C23H19NO4/c1-14(28-23(27)24-16-12-10-15(11-13-16)22(25)26)21-19-8-4-2-6-17(19)18-7-3-5-9-20(18)21/h2-14,21H,1H3,(H,24,27)(H,25,26). The second kappa shape index (κ2) is 7.19. The molecule has 3 aromatic rings. The highest BCUT2D eigenvalue weighted by molar-refractivity contribution is 5.90. The molecule has 1 aliphatic rings. The molecule has 1 atom stereocenters. The molecule has 0 heterocycles. The molecule has 0 aliphatic heterocycles. The van der Waals surface area contributed by atoms with E-state index >= 15 is 0 Å². The number of anilines is 1. The lowest BCUT2D eigenvalue weighted by molar-refractivity contribution is 0.0697. The SMILES string of the molecule is CC(OC(=O)Nc1ccc(C(=O)O)cc1)C1c2ccccc2-c2ccccc21. The average molecular weight is 373 g/mol. The number of benzene rings is 3. The van der Waals surface area contributed by atoms with Crippen LogP contribution in [0.4, 0.5) is 10.5 Å². The molecule has 0 spiro atoms. The summed E-state index contributed by atoms with van der Waals surface area (Å²) in [6.07, 6.45) is -0.944. The number of carbonyl (C=O) groups excluding carboxylic acids is 1. The van der Waals surface area contributed by atoms with Crippen molar-refractivity contribution in [3.63, 3.8) is 0 Å². The predicted octanol–water partition coefficient (Wildman–Crippen LogP) is 5.13. The molecule has 5 heteroatoms. The summed E-state index contributed by atoms with van der Waals surface area (Å²) in [6.45, 7) is 1.89. The minimum Gasteiger partial charge on any atom is -0.478 e. The molecular formula is C23H19NO4. The van der Waals surface area contributed by atoms with Gasteiger partial charge in [-0.1, -0.05) is 48.5 Å². The summed E-state index contributed by atoms with van der Waals surface area (Å²) >= 11 is 0. The van der Waals surface area contributed by atoms with Gasteiger partial charge in [0.1, 0.15) is 6.10 Å². The van der Waals surface area contributed by atoms with Crippen LogP contribution in [0.1, 0.15) is 34.3 Å². The molecule has 3 aromatic carbocycles. The van der Waals surface area contributed by atoms with Crippen LogP contribution in [0, 0.1) is 0 Å². The molecule has 0 radical (unpaired) electrons. The Labute approximate surface area is 162 Å². The number of ether oxygens (including phenoxy) is 1. The average Bonchev–Trinajstić information content (AvgIpc) is 3.03. The molecular weight excluding hydrogens is 354 g/mol. The fourth-order valence-corrected chi connectivity index (χ4v) is 3.78. The minimum absolute atomic E-state index is 0.0347. The number of hydrogen-bond acceptors (Lipinski definition) is 3. The Morgan fingerprint density at radius 2 is 1.43 bits per heavy atom. The zero-order valence-electron chi connectivity index (χ0n) is 15.3. The minimum atomic E-state index is -1.01. The van der Waals surface area contributed by atoms with Crippen LogP contribution >= 0.6 is 0 Å². The number of carboxylic acids is 1. The predicted molar refractivity (Wildman–Crippen MR) is 107 cm³/mol. The number of rotatable bonds is 4. The summed E-state index contributed by atoms with van der Waals surface area (Å²) in [5.41, 5.74) is 5.27. The lowest BCUT2D eigenvalue weighted by atomic mass is 9.92. The first-order valence-corrected chi connectivity index (χ1v) is 9.04. The van der Waals surface area contributed by atoms with Gasteiger partial charge in [-0.15, -0.1) is 0 Å². The van der Waals surface area contributed by atoms with Crippen LogP contribution in [0.5, 0.6) is 0 Å². The largest absolute Gasteiger partial charge is 0.478 e. The Hall–Kier alpha value is -3.60. The number of carboxylic acid groups (broad SMARTS) is 1. The van der Waals surface area contributed by atoms with Crippen molar-refractivity contribution in [1.82, 2.24) is 0 Å². The van der Waals surface area contributed by atoms with E-state index in [1.54, 1.807) is 0 Å². The van der Waals surface area contributed by atoms with Crippen LogP contribution in [-0.4, -0.2) is 23.3 Å².